The van der Waals surface area contributed by atoms with Gasteiger partial charge in [-0.15, -0.1) is 0 Å². The van der Waals surface area contributed by atoms with Crippen LogP contribution >= 0.6 is 19.4 Å². The minimum atomic E-state index is -2.01. The van der Waals surface area contributed by atoms with E-state index >= 15 is 0 Å². The quantitative estimate of drug-likeness (QED) is 0.116. The summed E-state index contributed by atoms with van der Waals surface area (Å²) < 4.78 is 9.44. The molecule has 1 saturated heterocycles. The number of nitrogens with zero attached hydrogens (tertiary/aromatic N) is 3. The Hall–Kier alpha value is -3.25. The molecule has 1 aromatic heterocycles. The van der Waals surface area contributed by atoms with Crippen molar-refractivity contribution < 1.29 is 27.6 Å². The summed E-state index contributed by atoms with van der Waals surface area (Å²) in [6.45, 7) is 21.5. The molecule has 260 valence electrons. The number of rotatable bonds is 7. The van der Waals surface area contributed by atoms with E-state index in [0.717, 1.165) is 18.7 Å². The average molecular weight is 779 g/mol. The van der Waals surface area contributed by atoms with Crippen LogP contribution in [0.1, 0.15) is 70.6 Å². The number of aromatic nitrogens is 1. The molecule has 3 aromatic carbocycles. The van der Waals surface area contributed by atoms with Gasteiger partial charge in [0.2, 0.25) is 0 Å². The largest absolute Gasteiger partial charge is 0.502 e. The van der Waals surface area contributed by atoms with Crippen molar-refractivity contribution in [2.45, 2.75) is 68.9 Å². The van der Waals surface area contributed by atoms with Crippen molar-refractivity contribution in [3.8, 4) is 5.75 Å². The van der Waals surface area contributed by atoms with Crippen molar-refractivity contribution in [2.75, 3.05) is 28.2 Å². The summed E-state index contributed by atoms with van der Waals surface area (Å²) in [6.07, 6.45) is 3.69. The van der Waals surface area contributed by atoms with E-state index in [0.29, 0.717) is 17.0 Å². The van der Waals surface area contributed by atoms with Crippen LogP contribution in [-0.2, 0) is 20.6 Å². The summed E-state index contributed by atoms with van der Waals surface area (Å²) >= 11 is -2.01. The van der Waals surface area contributed by atoms with E-state index in [9.17, 15) is 4.79 Å². The number of nitrogens with one attached hydrogen (secondary N) is 1. The fraction of sp³-hybridized carbons (Fsp3) is 0.333. The van der Waals surface area contributed by atoms with Gasteiger partial charge in [-0.05, 0) is 63.8 Å². The van der Waals surface area contributed by atoms with Crippen LogP contribution in [0.3, 0.4) is 0 Å². The van der Waals surface area contributed by atoms with E-state index in [4.69, 9.17) is 24.1 Å². The second-order valence-electron chi connectivity index (χ2n) is 12.4. The van der Waals surface area contributed by atoms with Gasteiger partial charge in [0.05, 0.1) is 0 Å². The van der Waals surface area contributed by atoms with E-state index < -0.39 is 13.5 Å². The number of benzene rings is 3. The third-order valence-electron chi connectivity index (χ3n) is 7.76. The molecule has 9 heteroatoms. The molecule has 0 spiro atoms. The molecule has 2 heterocycles. The summed E-state index contributed by atoms with van der Waals surface area (Å²) in [5.74, 6) is 0.528. The van der Waals surface area contributed by atoms with Gasteiger partial charge in [0.25, 0.3) is 0 Å². The fourth-order valence-electron chi connectivity index (χ4n) is 6.10. The average Bonchev–Trinajstić information content (AvgIpc) is 3.42. The van der Waals surface area contributed by atoms with Crippen LogP contribution in [-0.4, -0.2) is 29.7 Å². The number of ether oxygens (including phenoxy) is 1. The molecule has 48 heavy (non-hydrogen) atoms. The first kappa shape index (κ1) is 39.2. The van der Waals surface area contributed by atoms with Crippen molar-refractivity contribution in [1.29, 1.82) is 0 Å². The van der Waals surface area contributed by atoms with E-state index in [-0.39, 0.29) is 19.4 Å². The standard InChI is InChI=1S/C21H27N2.C17H18N2O2.CH4.2ClH.Ru/c1-14-9-16(3)20(17(4)10-14)22-7-8-23(13-22)21-18(5)11-15(2)12-19(21)6;1-12(2)21-16-6-5-15(11-13(16)3)18-17(20)14-7-9-19(4)10-8-14;;;;/h9-13H,7-8H2,1-6H3;3,5-12H,1-2,4H3;1H4;2*1H;/q-1;;;;;+2/p-1. The maximum Gasteiger partial charge on any atom is 0.0146 e. The Morgan fingerprint density at radius 3 is 1.77 bits per heavy atom. The molecule has 0 radical (unpaired) electrons. The van der Waals surface area contributed by atoms with Crippen LogP contribution in [0.2, 0.25) is 0 Å². The maximum absolute atomic E-state index is 12.3. The summed E-state index contributed by atoms with van der Waals surface area (Å²) in [7, 11) is 13.9. The Bertz CT molecular complexity index is 1660. The van der Waals surface area contributed by atoms with Gasteiger partial charge >= 0.3 is 155 Å². The van der Waals surface area contributed by atoms with Crippen molar-refractivity contribution in [1.82, 2.24) is 0 Å². The van der Waals surface area contributed by atoms with E-state index in [2.05, 4.69) is 87.6 Å². The molecule has 1 N–H and O–H groups in total. The molecule has 0 unspecified atom stereocenters. The zero-order valence-corrected chi connectivity index (χ0v) is 32.0. The third kappa shape index (κ3) is 10.4. The Balaban J connectivity index is 0.000000255. The molecule has 0 saturated carbocycles. The zero-order valence-electron chi connectivity index (χ0n) is 28.8. The molecule has 6 nitrogen and oxygen atoms in total. The molecule has 1 fully saturated rings. The number of anilines is 3. The van der Waals surface area contributed by atoms with Gasteiger partial charge in [0.15, 0.2) is 0 Å². The van der Waals surface area contributed by atoms with E-state index in [1.807, 2.05) is 54.6 Å². The van der Waals surface area contributed by atoms with Gasteiger partial charge in [0, 0.05) is 24.5 Å². The summed E-state index contributed by atoms with van der Waals surface area (Å²) in [6, 6.07) is 18.1. The third-order valence-corrected chi connectivity index (χ3v) is 9.60. The van der Waals surface area contributed by atoms with Crippen LogP contribution in [0.15, 0.2) is 67.0 Å². The maximum atomic E-state index is 12.3. The molecule has 1 aliphatic heterocycles. The second kappa shape index (κ2) is 17.4. The molecule has 0 atom stereocenters. The van der Waals surface area contributed by atoms with Gasteiger partial charge in [-0.3, -0.25) is 0 Å². The Labute approximate surface area is 301 Å². The SMILES string of the molecule is C.CC(C)Oc1ccc(NC(=O)c2cc[n+](C)cc2)cc1[CH]=[Ru]([Cl])[Cl].Cc1cc(C)c(N2[CH-]N(c3c(C)cc(C)cc3C)CC2)c(C)c1. The molecule has 4 aromatic rings. The van der Waals surface area contributed by atoms with E-state index in [1.54, 1.807) is 18.2 Å². The van der Waals surface area contributed by atoms with Crippen molar-refractivity contribution in [2.24, 2.45) is 7.05 Å². The first-order valence-corrected chi connectivity index (χ1v) is 21.1. The van der Waals surface area contributed by atoms with Crippen LogP contribution in [0.4, 0.5) is 17.1 Å². The Morgan fingerprint density at radius 1 is 0.854 bits per heavy atom. The number of amides is 1. The molecule has 1 aliphatic rings. The first-order chi connectivity index (χ1) is 22.2. The zero-order chi connectivity index (χ0) is 34.4. The number of halogens is 2. The van der Waals surface area contributed by atoms with Crippen LogP contribution in [0.5, 0.6) is 5.75 Å². The van der Waals surface area contributed by atoms with Gasteiger partial charge in [-0.1, -0.05) is 42.8 Å². The van der Waals surface area contributed by atoms with Crippen LogP contribution < -0.4 is 24.4 Å². The molecule has 0 bridgehead atoms. The van der Waals surface area contributed by atoms with Crippen molar-refractivity contribution in [3.63, 3.8) is 0 Å². The summed E-state index contributed by atoms with van der Waals surface area (Å²) in [4.78, 5) is 17.1. The van der Waals surface area contributed by atoms with Gasteiger partial charge < -0.3 is 9.80 Å². The minimum absolute atomic E-state index is 0. The van der Waals surface area contributed by atoms with E-state index in [1.165, 1.54) is 44.8 Å². The number of pyridine rings is 1. The molecular weight excluding hydrogens is 728 g/mol. The Kier molecular flexibility index (Phi) is 14.2. The topological polar surface area (TPSA) is 48.7 Å². The number of hydrogen-bond acceptors (Lipinski definition) is 4. The van der Waals surface area contributed by atoms with Gasteiger partial charge in [0.1, 0.15) is 0 Å². The summed E-state index contributed by atoms with van der Waals surface area (Å²) in [5, 5.41) is 2.88. The summed E-state index contributed by atoms with van der Waals surface area (Å²) in [5.41, 5.74) is 12.9. The minimum Gasteiger partial charge on any atom is -0.502 e. The fourth-order valence-corrected chi connectivity index (χ4v) is 7.88. The monoisotopic (exact) mass is 778 g/mol. The first-order valence-electron chi connectivity index (χ1n) is 15.7. The molecule has 1 amide bonds. The molecular formula is C39H50Cl2N4O2Ru. The normalized spacial score (nSPS) is 12.6. The van der Waals surface area contributed by atoms with Crippen LogP contribution in [0, 0.1) is 48.2 Å². The molecule has 5 rings (SSSR count). The Morgan fingerprint density at radius 2 is 1.33 bits per heavy atom. The smallest absolute Gasteiger partial charge is 0.0146 e. The van der Waals surface area contributed by atoms with Gasteiger partial charge in [-0.25, -0.2) is 0 Å². The number of carbonyl (C=O) groups excluding carboxylic acids is 1. The number of aryl methyl sites for hydroxylation is 7. The van der Waals surface area contributed by atoms with Crippen molar-refractivity contribution >= 4 is 47.0 Å². The second-order valence-corrected chi connectivity index (χ2v) is 18.2. The molecule has 0 aliphatic carbocycles. The predicted molar refractivity (Wildman–Crippen MR) is 202 cm³/mol. The number of hydrogen-bond donors (Lipinski definition) is 1. The van der Waals surface area contributed by atoms with Crippen molar-refractivity contribution in [3.05, 3.63) is 118 Å². The van der Waals surface area contributed by atoms with Gasteiger partial charge in [-0.2, -0.15) is 6.67 Å². The van der Waals surface area contributed by atoms with Crippen LogP contribution in [0.25, 0.3) is 0 Å². The predicted octanol–water partition coefficient (Wildman–Crippen LogP) is 9.25. The number of carbonyl (C=O) groups is 1.